The van der Waals surface area contributed by atoms with Gasteiger partial charge in [0.1, 0.15) is 0 Å². The Morgan fingerprint density at radius 1 is 1.25 bits per heavy atom. The minimum atomic E-state index is -3.56. The molecule has 1 heterocycles. The standard InChI is InChI=1S/C16H24ClN3O3S/c1-19(2)24(22,23)13-6-7-14(17)15(12-13)18-16(21)8-11-20-9-4-3-5-10-20/h6-7,12H,3-5,8-11H2,1-2H3,(H,18,21)/p+1. The van der Waals surface area contributed by atoms with Gasteiger partial charge in [-0.15, -0.1) is 0 Å². The van der Waals surface area contributed by atoms with Gasteiger partial charge < -0.3 is 10.2 Å². The van der Waals surface area contributed by atoms with Crippen LogP contribution in [-0.4, -0.2) is 52.4 Å². The first-order valence-electron chi connectivity index (χ1n) is 8.16. The molecule has 0 radical (unpaired) electrons. The molecule has 24 heavy (non-hydrogen) atoms. The number of hydrogen-bond acceptors (Lipinski definition) is 3. The minimum absolute atomic E-state index is 0.105. The number of quaternary nitrogens is 1. The van der Waals surface area contributed by atoms with Crippen LogP contribution in [0.2, 0.25) is 5.02 Å². The first-order chi connectivity index (χ1) is 11.3. The number of likely N-dealkylation sites (tertiary alicyclic amines) is 1. The fourth-order valence-corrected chi connectivity index (χ4v) is 3.87. The number of rotatable bonds is 6. The number of carbonyl (C=O) groups is 1. The van der Waals surface area contributed by atoms with E-state index in [0.717, 1.165) is 23.9 Å². The fraction of sp³-hybridized carbons (Fsp3) is 0.562. The normalized spacial score (nSPS) is 16.3. The zero-order chi connectivity index (χ0) is 17.7. The van der Waals surface area contributed by atoms with Crippen molar-refractivity contribution in [2.24, 2.45) is 0 Å². The van der Waals surface area contributed by atoms with E-state index in [9.17, 15) is 13.2 Å². The summed E-state index contributed by atoms with van der Waals surface area (Å²) in [5.41, 5.74) is 0.332. The summed E-state index contributed by atoms with van der Waals surface area (Å²) in [4.78, 5) is 13.7. The van der Waals surface area contributed by atoms with Gasteiger partial charge in [-0.05, 0) is 37.5 Å². The van der Waals surface area contributed by atoms with Crippen molar-refractivity contribution in [3.05, 3.63) is 23.2 Å². The Hall–Kier alpha value is -1.15. The van der Waals surface area contributed by atoms with E-state index in [1.54, 1.807) is 0 Å². The maximum atomic E-state index is 12.2. The summed E-state index contributed by atoms with van der Waals surface area (Å²) >= 11 is 6.09. The number of piperidine rings is 1. The zero-order valence-corrected chi connectivity index (χ0v) is 15.7. The van der Waals surface area contributed by atoms with E-state index in [-0.39, 0.29) is 10.8 Å². The van der Waals surface area contributed by atoms with Gasteiger partial charge in [-0.2, -0.15) is 0 Å². The van der Waals surface area contributed by atoms with Crippen molar-refractivity contribution in [1.29, 1.82) is 0 Å². The van der Waals surface area contributed by atoms with Crippen LogP contribution in [0.4, 0.5) is 5.69 Å². The predicted molar refractivity (Wildman–Crippen MR) is 95.0 cm³/mol. The number of benzene rings is 1. The quantitative estimate of drug-likeness (QED) is 0.780. The number of sulfonamides is 1. The molecule has 1 amide bonds. The van der Waals surface area contributed by atoms with Crippen LogP contribution >= 0.6 is 11.6 Å². The van der Waals surface area contributed by atoms with Crippen molar-refractivity contribution in [3.63, 3.8) is 0 Å². The molecule has 1 aromatic rings. The van der Waals surface area contributed by atoms with Gasteiger partial charge in [0.05, 0.1) is 41.7 Å². The van der Waals surface area contributed by atoms with Crippen LogP contribution in [-0.2, 0) is 14.8 Å². The van der Waals surface area contributed by atoms with Gasteiger partial charge in [-0.1, -0.05) is 11.6 Å². The number of nitrogens with zero attached hydrogens (tertiary/aromatic N) is 1. The summed E-state index contributed by atoms with van der Waals surface area (Å²) in [5.74, 6) is -0.144. The van der Waals surface area contributed by atoms with Gasteiger partial charge in [-0.3, -0.25) is 4.79 Å². The lowest BCUT2D eigenvalue weighted by Gasteiger charge is -2.23. The lowest BCUT2D eigenvalue weighted by molar-refractivity contribution is -0.904. The predicted octanol–water partition coefficient (Wildman–Crippen LogP) is 0.988. The van der Waals surface area contributed by atoms with Crippen LogP contribution in [0.3, 0.4) is 0 Å². The molecule has 2 N–H and O–H groups in total. The van der Waals surface area contributed by atoms with Crippen molar-refractivity contribution in [2.45, 2.75) is 30.6 Å². The molecule has 1 fully saturated rings. The highest BCUT2D eigenvalue weighted by Crippen LogP contribution is 2.26. The minimum Gasteiger partial charge on any atom is -0.335 e. The molecule has 8 heteroatoms. The van der Waals surface area contributed by atoms with E-state index in [4.69, 9.17) is 11.6 Å². The third kappa shape index (κ3) is 4.92. The average molecular weight is 375 g/mol. The van der Waals surface area contributed by atoms with Gasteiger partial charge in [-0.25, -0.2) is 12.7 Å². The van der Waals surface area contributed by atoms with E-state index < -0.39 is 10.0 Å². The summed E-state index contributed by atoms with van der Waals surface area (Å²) in [6.07, 6.45) is 4.11. The van der Waals surface area contributed by atoms with Crippen LogP contribution in [0.1, 0.15) is 25.7 Å². The van der Waals surface area contributed by atoms with Crippen molar-refractivity contribution in [1.82, 2.24) is 4.31 Å². The van der Waals surface area contributed by atoms with Gasteiger partial charge in [0, 0.05) is 14.1 Å². The number of amides is 1. The lowest BCUT2D eigenvalue weighted by Crippen LogP contribution is -3.12. The molecular formula is C16H25ClN3O3S+. The third-order valence-corrected chi connectivity index (χ3v) is 6.40. The molecule has 0 unspecified atom stereocenters. The molecule has 0 atom stereocenters. The molecule has 0 saturated carbocycles. The summed E-state index contributed by atoms with van der Waals surface area (Å²) in [6.45, 7) is 3.02. The molecule has 1 aliphatic rings. The zero-order valence-electron chi connectivity index (χ0n) is 14.1. The Kier molecular flexibility index (Phi) is 6.62. The van der Waals surface area contributed by atoms with Crippen LogP contribution in [0.15, 0.2) is 23.1 Å². The molecule has 0 bridgehead atoms. The van der Waals surface area contributed by atoms with Crippen LogP contribution in [0.25, 0.3) is 0 Å². The van der Waals surface area contributed by atoms with Gasteiger partial charge in [0.2, 0.25) is 15.9 Å². The second-order valence-corrected chi connectivity index (χ2v) is 8.85. The average Bonchev–Trinajstić information content (AvgIpc) is 2.55. The van der Waals surface area contributed by atoms with E-state index >= 15 is 0 Å². The maximum absolute atomic E-state index is 12.2. The molecule has 1 aliphatic heterocycles. The second kappa shape index (κ2) is 8.29. The number of carbonyl (C=O) groups excluding carboxylic acids is 1. The molecule has 1 aromatic carbocycles. The molecule has 2 rings (SSSR count). The van der Waals surface area contributed by atoms with E-state index in [1.807, 2.05) is 0 Å². The number of hydrogen-bond donors (Lipinski definition) is 2. The third-order valence-electron chi connectivity index (χ3n) is 4.26. The van der Waals surface area contributed by atoms with E-state index in [1.165, 1.54) is 56.5 Å². The Balaban J connectivity index is 2.01. The van der Waals surface area contributed by atoms with Crippen molar-refractivity contribution in [3.8, 4) is 0 Å². The fourth-order valence-electron chi connectivity index (χ4n) is 2.78. The first-order valence-corrected chi connectivity index (χ1v) is 9.98. The monoisotopic (exact) mass is 374 g/mol. The highest BCUT2D eigenvalue weighted by atomic mass is 35.5. The molecule has 134 valence electrons. The molecule has 0 aromatic heterocycles. The van der Waals surface area contributed by atoms with Crippen molar-refractivity contribution < 1.29 is 18.1 Å². The van der Waals surface area contributed by atoms with Gasteiger partial charge in [0.15, 0.2) is 0 Å². The molecular weight excluding hydrogens is 350 g/mol. The smallest absolute Gasteiger partial charge is 0.242 e. The lowest BCUT2D eigenvalue weighted by atomic mass is 10.1. The maximum Gasteiger partial charge on any atom is 0.242 e. The highest BCUT2D eigenvalue weighted by Gasteiger charge is 2.20. The highest BCUT2D eigenvalue weighted by molar-refractivity contribution is 7.89. The Bertz CT molecular complexity index is 686. The second-order valence-electron chi connectivity index (χ2n) is 6.29. The number of nitrogens with one attached hydrogen (secondary N) is 2. The summed E-state index contributed by atoms with van der Waals surface area (Å²) < 4.78 is 25.5. The SMILES string of the molecule is CN(C)S(=O)(=O)c1ccc(Cl)c(NC(=O)CC[NH+]2CCCCC2)c1. The largest absolute Gasteiger partial charge is 0.335 e. The van der Waals surface area contributed by atoms with E-state index in [0.29, 0.717) is 17.1 Å². The van der Waals surface area contributed by atoms with Gasteiger partial charge >= 0.3 is 0 Å². The number of anilines is 1. The summed E-state index contributed by atoms with van der Waals surface area (Å²) in [7, 11) is -0.638. The first kappa shape index (κ1) is 19.2. The topological polar surface area (TPSA) is 70.9 Å². The molecule has 1 saturated heterocycles. The van der Waals surface area contributed by atoms with Crippen molar-refractivity contribution >= 4 is 33.2 Å². The summed E-state index contributed by atoms with van der Waals surface area (Å²) in [5, 5.41) is 3.06. The molecule has 6 nitrogen and oxygen atoms in total. The molecule has 0 spiro atoms. The molecule has 0 aliphatic carbocycles. The van der Waals surface area contributed by atoms with Crippen LogP contribution in [0.5, 0.6) is 0 Å². The Labute approximate surface area is 148 Å². The summed E-state index contributed by atoms with van der Waals surface area (Å²) in [6, 6.07) is 4.33. The number of halogens is 1. The van der Waals surface area contributed by atoms with E-state index in [2.05, 4.69) is 5.32 Å². The van der Waals surface area contributed by atoms with Crippen LogP contribution in [0, 0.1) is 0 Å². The van der Waals surface area contributed by atoms with Crippen molar-refractivity contribution in [2.75, 3.05) is 39.0 Å². The van der Waals surface area contributed by atoms with Gasteiger partial charge in [0.25, 0.3) is 0 Å². The Morgan fingerprint density at radius 3 is 2.54 bits per heavy atom. The Morgan fingerprint density at radius 2 is 1.92 bits per heavy atom. The van der Waals surface area contributed by atoms with Crippen LogP contribution < -0.4 is 10.2 Å².